The van der Waals surface area contributed by atoms with E-state index >= 15 is 0 Å². The topological polar surface area (TPSA) is 53.5 Å². The van der Waals surface area contributed by atoms with E-state index in [1.807, 2.05) is 4.90 Å². The molecule has 0 aliphatic carbocycles. The van der Waals surface area contributed by atoms with Crippen molar-refractivity contribution in [1.29, 1.82) is 0 Å². The van der Waals surface area contributed by atoms with E-state index in [2.05, 4.69) is 4.98 Å². The number of hydrogen-bond donors (Lipinski definition) is 0. The molecule has 5 nitrogen and oxygen atoms in total. The number of aromatic nitrogens is 1. The van der Waals surface area contributed by atoms with Gasteiger partial charge in [0.15, 0.2) is 10.8 Å². The molecule has 1 aliphatic rings. The molecule has 0 atom stereocenters. The molecule has 3 aromatic rings. The highest BCUT2D eigenvalue weighted by atomic mass is 32.2. The van der Waals surface area contributed by atoms with E-state index in [4.69, 9.17) is 0 Å². The van der Waals surface area contributed by atoms with Gasteiger partial charge < -0.3 is 4.90 Å². The van der Waals surface area contributed by atoms with E-state index in [1.165, 1.54) is 29.2 Å². The maximum atomic E-state index is 14.7. The van der Waals surface area contributed by atoms with Crippen LogP contribution in [0.15, 0.2) is 64.5 Å². The van der Waals surface area contributed by atoms with E-state index < -0.39 is 33.4 Å². The van der Waals surface area contributed by atoms with Gasteiger partial charge in [0.2, 0.25) is 9.84 Å². The molecule has 4 rings (SSSR count). The first-order valence-corrected chi connectivity index (χ1v) is 11.1. The molecule has 1 fully saturated rings. The Labute approximate surface area is 176 Å². The lowest BCUT2D eigenvalue weighted by molar-refractivity contribution is -0.146. The summed E-state index contributed by atoms with van der Waals surface area (Å²) < 4.78 is 78.5. The van der Waals surface area contributed by atoms with Gasteiger partial charge in [-0.3, -0.25) is 4.90 Å². The predicted molar refractivity (Wildman–Crippen MR) is 108 cm³/mol. The summed E-state index contributed by atoms with van der Waals surface area (Å²) in [6.07, 6.45) is -4.26. The number of anilines is 1. The number of pyridine rings is 1. The van der Waals surface area contributed by atoms with E-state index in [1.54, 1.807) is 24.3 Å². The van der Waals surface area contributed by atoms with Crippen LogP contribution < -0.4 is 4.90 Å². The Morgan fingerprint density at radius 2 is 1.61 bits per heavy atom. The largest absolute Gasteiger partial charge is 0.401 e. The van der Waals surface area contributed by atoms with Gasteiger partial charge in [-0.15, -0.1) is 0 Å². The Balaban J connectivity index is 1.70. The maximum absolute atomic E-state index is 14.7. The van der Waals surface area contributed by atoms with Crippen LogP contribution in [0.4, 0.5) is 23.2 Å². The lowest BCUT2D eigenvalue weighted by atomic mass is 10.1. The number of rotatable bonds is 4. The van der Waals surface area contributed by atoms with Crippen molar-refractivity contribution in [1.82, 2.24) is 9.88 Å². The van der Waals surface area contributed by atoms with Gasteiger partial charge in [-0.1, -0.05) is 30.3 Å². The first kappa shape index (κ1) is 21.5. The van der Waals surface area contributed by atoms with Gasteiger partial charge in [0.05, 0.1) is 22.6 Å². The predicted octanol–water partition coefficient (Wildman–Crippen LogP) is 3.89. The molecular formula is C21H19F4N3O2S. The number of halogens is 4. The number of hydrogen-bond acceptors (Lipinski definition) is 5. The number of fused-ring (bicyclic) bond motifs is 1. The second-order valence-electron chi connectivity index (χ2n) is 7.32. The van der Waals surface area contributed by atoms with Crippen LogP contribution in [0.1, 0.15) is 0 Å². The Morgan fingerprint density at radius 1 is 0.935 bits per heavy atom. The molecule has 2 aromatic carbocycles. The van der Waals surface area contributed by atoms with Crippen molar-refractivity contribution in [2.45, 2.75) is 16.1 Å². The number of para-hydroxylation sites is 1. The van der Waals surface area contributed by atoms with Gasteiger partial charge in [0.25, 0.3) is 0 Å². The summed E-state index contributed by atoms with van der Waals surface area (Å²) in [6.45, 7) is 0.0574. The molecule has 2 heterocycles. The Bertz CT molecular complexity index is 1190. The minimum Gasteiger partial charge on any atom is -0.367 e. The molecular weight excluding hydrogens is 434 g/mol. The van der Waals surface area contributed by atoms with Crippen molar-refractivity contribution in [2.75, 3.05) is 37.6 Å². The fraction of sp³-hybridized carbons (Fsp3) is 0.286. The van der Waals surface area contributed by atoms with Crippen molar-refractivity contribution < 1.29 is 26.0 Å². The third-order valence-electron chi connectivity index (χ3n) is 5.17. The molecule has 0 saturated carbocycles. The van der Waals surface area contributed by atoms with Crippen LogP contribution in [0.3, 0.4) is 0 Å². The third kappa shape index (κ3) is 4.49. The highest BCUT2D eigenvalue weighted by Gasteiger charge is 2.32. The van der Waals surface area contributed by atoms with Crippen molar-refractivity contribution in [3.05, 3.63) is 60.4 Å². The van der Waals surface area contributed by atoms with Crippen LogP contribution in [-0.2, 0) is 9.84 Å². The van der Waals surface area contributed by atoms with Gasteiger partial charge in [-0.2, -0.15) is 13.2 Å². The Kier molecular flexibility index (Phi) is 5.61. The average Bonchev–Trinajstić information content (AvgIpc) is 2.73. The van der Waals surface area contributed by atoms with Crippen LogP contribution in [0.25, 0.3) is 10.9 Å². The molecule has 10 heteroatoms. The minimum atomic E-state index is -4.26. The summed E-state index contributed by atoms with van der Waals surface area (Å²) in [6, 6.07) is 13.6. The minimum absolute atomic E-state index is 0.0704. The van der Waals surface area contributed by atoms with Crippen molar-refractivity contribution in [3.8, 4) is 0 Å². The van der Waals surface area contributed by atoms with Gasteiger partial charge in [-0.05, 0) is 24.3 Å². The third-order valence-corrected chi connectivity index (χ3v) is 6.86. The Hall–Kier alpha value is -2.72. The van der Waals surface area contributed by atoms with Gasteiger partial charge in [0.1, 0.15) is 0 Å². The lowest BCUT2D eigenvalue weighted by Gasteiger charge is -2.36. The molecule has 0 radical (unpaired) electrons. The summed E-state index contributed by atoms with van der Waals surface area (Å²) in [5, 5.41) is -0.255. The van der Waals surface area contributed by atoms with E-state index in [9.17, 15) is 26.0 Å². The molecule has 0 spiro atoms. The molecule has 1 aromatic heterocycles. The number of sulfone groups is 1. The maximum Gasteiger partial charge on any atom is 0.401 e. The molecule has 1 aliphatic heterocycles. The molecule has 0 unspecified atom stereocenters. The number of nitrogens with zero attached hydrogens (tertiary/aromatic N) is 3. The fourth-order valence-corrected chi connectivity index (χ4v) is 4.96. The standard InChI is InChI=1S/C21H19F4N3O2S/c22-17-13-15-5-4-8-18(28-11-9-27(10-12-28)14-21(23,24)25)19(15)26-20(17)31(29,30)16-6-2-1-3-7-16/h1-8,13H,9-12,14H2. The molecule has 164 valence electrons. The SMILES string of the molecule is O=S(=O)(c1ccccc1)c1nc2c(N3CCN(CC(F)(F)F)CC3)cccc2cc1F. The number of piperazine rings is 1. The first-order valence-electron chi connectivity index (χ1n) is 9.59. The smallest absolute Gasteiger partial charge is 0.367 e. The summed E-state index contributed by atoms with van der Waals surface area (Å²) in [4.78, 5) is 7.27. The first-order chi connectivity index (χ1) is 14.6. The zero-order valence-corrected chi connectivity index (χ0v) is 17.1. The monoisotopic (exact) mass is 453 g/mol. The van der Waals surface area contributed by atoms with Gasteiger partial charge in [0, 0.05) is 31.6 Å². The van der Waals surface area contributed by atoms with Crippen molar-refractivity contribution >= 4 is 26.4 Å². The quantitative estimate of drug-likeness (QED) is 0.561. The number of alkyl halides is 3. The zero-order valence-electron chi connectivity index (χ0n) is 16.3. The van der Waals surface area contributed by atoms with Crippen molar-refractivity contribution in [3.63, 3.8) is 0 Å². The molecule has 0 N–H and O–H groups in total. The summed E-state index contributed by atoms with van der Waals surface area (Å²) in [5.74, 6) is -0.955. The van der Waals surface area contributed by atoms with Gasteiger partial charge >= 0.3 is 6.18 Å². The van der Waals surface area contributed by atoms with Crippen LogP contribution in [0.5, 0.6) is 0 Å². The fourth-order valence-electron chi connectivity index (χ4n) is 3.70. The normalized spacial score (nSPS) is 16.1. The molecule has 31 heavy (non-hydrogen) atoms. The van der Waals surface area contributed by atoms with Gasteiger partial charge in [-0.25, -0.2) is 17.8 Å². The molecule has 0 amide bonds. The van der Waals surface area contributed by atoms with Crippen LogP contribution >= 0.6 is 0 Å². The lowest BCUT2D eigenvalue weighted by Crippen LogP contribution is -2.49. The van der Waals surface area contributed by atoms with Crippen LogP contribution in [0, 0.1) is 5.82 Å². The Morgan fingerprint density at radius 3 is 2.26 bits per heavy atom. The molecule has 0 bridgehead atoms. The highest BCUT2D eigenvalue weighted by Crippen LogP contribution is 2.31. The molecule has 1 saturated heterocycles. The van der Waals surface area contributed by atoms with Crippen molar-refractivity contribution in [2.24, 2.45) is 0 Å². The summed E-state index contributed by atoms with van der Waals surface area (Å²) in [7, 11) is -4.18. The zero-order chi connectivity index (χ0) is 22.2. The highest BCUT2D eigenvalue weighted by molar-refractivity contribution is 7.91. The number of benzene rings is 2. The van der Waals surface area contributed by atoms with E-state index in [-0.39, 0.29) is 18.0 Å². The van der Waals surface area contributed by atoms with E-state index in [0.717, 1.165) is 6.07 Å². The van der Waals surface area contributed by atoms with Crippen LogP contribution in [0.2, 0.25) is 0 Å². The average molecular weight is 453 g/mol. The van der Waals surface area contributed by atoms with Crippen LogP contribution in [-0.4, -0.2) is 57.2 Å². The second-order valence-corrected chi connectivity index (χ2v) is 9.18. The summed E-state index contributed by atoms with van der Waals surface area (Å²) in [5.41, 5.74) is 0.858. The summed E-state index contributed by atoms with van der Waals surface area (Å²) >= 11 is 0. The van der Waals surface area contributed by atoms with E-state index in [0.29, 0.717) is 29.7 Å². The second kappa shape index (κ2) is 8.08.